The maximum atomic E-state index is 13.0. The molecule has 0 fully saturated rings. The number of aliphatic hydroxyl groups excluding tert-OH is 1. The molecule has 0 aromatic heterocycles. The lowest BCUT2D eigenvalue weighted by Gasteiger charge is -2.12. The van der Waals surface area contributed by atoms with Crippen molar-refractivity contribution in [1.82, 2.24) is 0 Å². The number of aliphatic hydroxyl groups is 1. The summed E-state index contributed by atoms with van der Waals surface area (Å²) >= 11 is 5.48. The Bertz CT molecular complexity index is 375. The van der Waals surface area contributed by atoms with Gasteiger partial charge in [-0.3, -0.25) is 0 Å². The van der Waals surface area contributed by atoms with E-state index in [0.717, 1.165) is 6.07 Å². The second kappa shape index (κ2) is 4.41. The monoisotopic (exact) mass is 213 g/mol. The molecule has 0 spiro atoms. The summed E-state index contributed by atoms with van der Waals surface area (Å²) in [6, 6.07) is 5.90. The Morgan fingerprint density at radius 2 is 2.21 bits per heavy atom. The van der Waals surface area contributed by atoms with E-state index in [2.05, 4.69) is 0 Å². The van der Waals surface area contributed by atoms with Gasteiger partial charge in [-0.1, -0.05) is 17.7 Å². The lowest BCUT2D eigenvalue weighted by molar-refractivity contribution is 0.142. The Balaban J connectivity index is 2.98. The summed E-state index contributed by atoms with van der Waals surface area (Å²) in [5.41, 5.74) is 0.362. The molecule has 1 rings (SSSR count). The molecule has 1 aromatic rings. The minimum absolute atomic E-state index is 0.00515. The van der Waals surface area contributed by atoms with E-state index in [1.54, 1.807) is 6.92 Å². The number of rotatable bonds is 2. The summed E-state index contributed by atoms with van der Waals surface area (Å²) < 4.78 is 13.0. The van der Waals surface area contributed by atoms with Crippen molar-refractivity contribution in [1.29, 1.82) is 5.26 Å². The van der Waals surface area contributed by atoms with Crippen LogP contribution in [0.25, 0.3) is 0 Å². The van der Waals surface area contributed by atoms with Crippen molar-refractivity contribution in [3.05, 3.63) is 34.6 Å². The molecule has 0 saturated carbocycles. The van der Waals surface area contributed by atoms with Crippen molar-refractivity contribution < 1.29 is 9.50 Å². The largest absolute Gasteiger partial charge is 0.387 e. The zero-order valence-corrected chi connectivity index (χ0v) is 8.29. The van der Waals surface area contributed by atoms with Crippen LogP contribution in [0.3, 0.4) is 0 Å². The van der Waals surface area contributed by atoms with Crippen LogP contribution in [0.5, 0.6) is 0 Å². The third kappa shape index (κ3) is 2.22. The Labute approximate surface area is 86.5 Å². The fourth-order valence-corrected chi connectivity index (χ4v) is 1.17. The van der Waals surface area contributed by atoms with E-state index < -0.39 is 17.8 Å². The fraction of sp³-hybridized carbons (Fsp3) is 0.300. The number of halogens is 2. The van der Waals surface area contributed by atoms with Gasteiger partial charge in [-0.25, -0.2) is 4.39 Å². The van der Waals surface area contributed by atoms with E-state index in [0.29, 0.717) is 5.56 Å². The van der Waals surface area contributed by atoms with E-state index in [1.165, 1.54) is 12.1 Å². The van der Waals surface area contributed by atoms with Crippen molar-refractivity contribution in [2.45, 2.75) is 13.0 Å². The van der Waals surface area contributed by atoms with Crippen molar-refractivity contribution in [2.75, 3.05) is 0 Å². The third-order valence-corrected chi connectivity index (χ3v) is 2.27. The maximum Gasteiger partial charge on any atom is 0.142 e. The van der Waals surface area contributed by atoms with Crippen LogP contribution in [0.2, 0.25) is 5.02 Å². The van der Waals surface area contributed by atoms with Crippen LogP contribution in [0, 0.1) is 23.1 Å². The number of benzene rings is 1. The van der Waals surface area contributed by atoms with Gasteiger partial charge >= 0.3 is 0 Å². The predicted octanol–water partition coefficient (Wildman–Crippen LogP) is 2.67. The highest BCUT2D eigenvalue weighted by Crippen LogP contribution is 2.24. The first-order chi connectivity index (χ1) is 6.56. The van der Waals surface area contributed by atoms with Gasteiger partial charge in [-0.15, -0.1) is 0 Å². The molecule has 1 aromatic carbocycles. The van der Waals surface area contributed by atoms with Gasteiger partial charge in [0, 0.05) is 0 Å². The second-order valence-corrected chi connectivity index (χ2v) is 3.44. The Hall–Kier alpha value is -1.11. The Kier molecular flexibility index (Phi) is 3.45. The zero-order valence-electron chi connectivity index (χ0n) is 7.54. The van der Waals surface area contributed by atoms with Crippen molar-refractivity contribution in [2.24, 2.45) is 5.92 Å². The molecule has 0 bridgehead atoms. The molecule has 74 valence electrons. The molecule has 0 aliphatic rings. The van der Waals surface area contributed by atoms with Gasteiger partial charge in [0.05, 0.1) is 23.1 Å². The van der Waals surface area contributed by atoms with Crippen LogP contribution >= 0.6 is 11.6 Å². The summed E-state index contributed by atoms with van der Waals surface area (Å²) in [4.78, 5) is 0. The van der Waals surface area contributed by atoms with Crippen LogP contribution in [0.15, 0.2) is 18.2 Å². The normalized spacial score (nSPS) is 14.5. The molecule has 2 atom stereocenters. The molecular formula is C10H9ClFNO. The smallest absolute Gasteiger partial charge is 0.142 e. The average Bonchev–Trinajstić information content (AvgIpc) is 2.20. The van der Waals surface area contributed by atoms with Gasteiger partial charge in [-0.05, 0) is 24.6 Å². The van der Waals surface area contributed by atoms with Crippen LogP contribution in [0.1, 0.15) is 18.6 Å². The molecule has 2 unspecified atom stereocenters. The van der Waals surface area contributed by atoms with E-state index in [9.17, 15) is 9.50 Å². The van der Waals surface area contributed by atoms with Crippen molar-refractivity contribution in [3.63, 3.8) is 0 Å². The number of hydrogen-bond acceptors (Lipinski definition) is 2. The average molecular weight is 214 g/mol. The summed E-state index contributed by atoms with van der Waals surface area (Å²) in [6.07, 6.45) is -0.980. The molecule has 0 aliphatic carbocycles. The van der Waals surface area contributed by atoms with Gasteiger partial charge in [0.1, 0.15) is 5.82 Å². The summed E-state index contributed by atoms with van der Waals surface area (Å²) in [5, 5.41) is 18.1. The number of nitrogens with zero attached hydrogens (tertiary/aromatic N) is 1. The van der Waals surface area contributed by atoms with E-state index in [1.807, 2.05) is 6.07 Å². The van der Waals surface area contributed by atoms with Gasteiger partial charge in [-0.2, -0.15) is 5.26 Å². The first-order valence-electron chi connectivity index (χ1n) is 4.09. The van der Waals surface area contributed by atoms with Gasteiger partial charge in [0.2, 0.25) is 0 Å². The third-order valence-electron chi connectivity index (χ3n) is 1.96. The number of nitriles is 1. The Morgan fingerprint density at radius 3 is 2.71 bits per heavy atom. The van der Waals surface area contributed by atoms with Gasteiger partial charge in [0.15, 0.2) is 0 Å². The molecule has 0 heterocycles. The maximum absolute atomic E-state index is 13.0. The molecule has 0 aliphatic heterocycles. The zero-order chi connectivity index (χ0) is 10.7. The molecule has 0 saturated heterocycles. The number of hydrogen-bond donors (Lipinski definition) is 1. The molecule has 4 heteroatoms. The van der Waals surface area contributed by atoms with Crippen LogP contribution in [0.4, 0.5) is 4.39 Å². The summed E-state index contributed by atoms with van der Waals surface area (Å²) in [7, 11) is 0. The standard InChI is InChI=1S/C10H9ClFNO/c1-6(5-13)10(14)7-2-3-8(11)9(12)4-7/h2-4,6,10,14H,1H3. The highest BCUT2D eigenvalue weighted by molar-refractivity contribution is 6.30. The topological polar surface area (TPSA) is 44.0 Å². The first-order valence-corrected chi connectivity index (χ1v) is 4.46. The highest BCUT2D eigenvalue weighted by atomic mass is 35.5. The highest BCUT2D eigenvalue weighted by Gasteiger charge is 2.16. The lowest BCUT2D eigenvalue weighted by Crippen LogP contribution is -2.07. The fourth-order valence-electron chi connectivity index (χ4n) is 1.06. The molecule has 14 heavy (non-hydrogen) atoms. The lowest BCUT2D eigenvalue weighted by atomic mass is 9.99. The molecule has 0 amide bonds. The van der Waals surface area contributed by atoms with E-state index in [-0.39, 0.29) is 5.02 Å². The quantitative estimate of drug-likeness (QED) is 0.821. The molecule has 0 radical (unpaired) electrons. The summed E-state index contributed by atoms with van der Waals surface area (Å²) in [6.45, 7) is 1.57. The SMILES string of the molecule is CC(C#N)C(O)c1ccc(Cl)c(F)c1. The second-order valence-electron chi connectivity index (χ2n) is 3.04. The summed E-state index contributed by atoms with van der Waals surface area (Å²) in [5.74, 6) is -1.16. The van der Waals surface area contributed by atoms with E-state index >= 15 is 0 Å². The van der Waals surface area contributed by atoms with Gasteiger partial charge in [0.25, 0.3) is 0 Å². The van der Waals surface area contributed by atoms with Crippen molar-refractivity contribution in [3.8, 4) is 6.07 Å². The first kappa shape index (κ1) is 11.0. The molecular weight excluding hydrogens is 205 g/mol. The minimum atomic E-state index is -0.980. The predicted molar refractivity (Wildman–Crippen MR) is 51.1 cm³/mol. The van der Waals surface area contributed by atoms with Crippen LogP contribution in [-0.2, 0) is 0 Å². The minimum Gasteiger partial charge on any atom is -0.387 e. The van der Waals surface area contributed by atoms with E-state index in [4.69, 9.17) is 16.9 Å². The molecule has 1 N–H and O–H groups in total. The van der Waals surface area contributed by atoms with Crippen molar-refractivity contribution >= 4 is 11.6 Å². The molecule has 2 nitrogen and oxygen atoms in total. The van der Waals surface area contributed by atoms with Gasteiger partial charge < -0.3 is 5.11 Å². The van der Waals surface area contributed by atoms with Crippen LogP contribution in [-0.4, -0.2) is 5.11 Å². The van der Waals surface area contributed by atoms with Crippen LogP contribution < -0.4 is 0 Å². The Morgan fingerprint density at radius 1 is 1.57 bits per heavy atom.